The van der Waals surface area contributed by atoms with Gasteiger partial charge in [0.25, 0.3) is 11.1 Å². The Kier molecular flexibility index (Phi) is 8.94. The molecular weight excluding hydrogens is 538 g/mol. The van der Waals surface area contributed by atoms with E-state index in [0.29, 0.717) is 56.5 Å². The number of hydrogen-bond donors (Lipinski definition) is 0. The summed E-state index contributed by atoms with van der Waals surface area (Å²) in [6.07, 6.45) is 1.65. The van der Waals surface area contributed by atoms with Crippen molar-refractivity contribution in [3.63, 3.8) is 0 Å². The van der Waals surface area contributed by atoms with Crippen LogP contribution in [0.15, 0.2) is 77.7 Å². The third-order valence-corrected chi connectivity index (χ3v) is 7.91. The standard InChI is InChI=1S/C32H33N3O5S/c1-3-39-28-19-25(13-14-27(28)40-22-24-11-9-23(2)10-12-24)20-29-31(37)35(32(38)41-29)21-30(36)34-17-15-33(16-18-34)26-7-5-4-6-8-26/h4-14,19-20H,3,15-18,21-22H2,1-2H3/b29-20+. The number of anilines is 1. The summed E-state index contributed by atoms with van der Waals surface area (Å²) in [5, 5.41) is -0.444. The third-order valence-electron chi connectivity index (χ3n) is 7.00. The maximum Gasteiger partial charge on any atom is 0.294 e. The Bertz CT molecular complexity index is 1430. The molecule has 0 spiro atoms. The number of ether oxygens (including phenoxy) is 2. The van der Waals surface area contributed by atoms with Crippen molar-refractivity contribution >= 4 is 40.6 Å². The Morgan fingerprint density at radius 2 is 1.63 bits per heavy atom. The molecule has 3 amide bonds. The molecule has 0 aromatic heterocycles. The van der Waals surface area contributed by atoms with Crippen molar-refractivity contribution in [2.45, 2.75) is 20.5 Å². The number of para-hydroxylation sites is 1. The summed E-state index contributed by atoms with van der Waals surface area (Å²) in [7, 11) is 0. The summed E-state index contributed by atoms with van der Waals surface area (Å²) in [5.74, 6) is 0.456. The van der Waals surface area contributed by atoms with Gasteiger partial charge in [0.2, 0.25) is 5.91 Å². The van der Waals surface area contributed by atoms with E-state index in [4.69, 9.17) is 9.47 Å². The van der Waals surface area contributed by atoms with E-state index in [0.717, 1.165) is 27.9 Å². The number of amides is 3. The number of thioether (sulfide) groups is 1. The highest BCUT2D eigenvalue weighted by Gasteiger charge is 2.37. The minimum absolute atomic E-state index is 0.227. The number of carbonyl (C=O) groups excluding carboxylic acids is 3. The number of nitrogens with zero attached hydrogens (tertiary/aromatic N) is 3. The monoisotopic (exact) mass is 571 g/mol. The fourth-order valence-corrected chi connectivity index (χ4v) is 5.56. The molecule has 8 nitrogen and oxygen atoms in total. The average molecular weight is 572 g/mol. The summed E-state index contributed by atoms with van der Waals surface area (Å²) in [4.78, 5) is 44.1. The predicted octanol–water partition coefficient (Wildman–Crippen LogP) is 5.36. The van der Waals surface area contributed by atoms with Gasteiger partial charge < -0.3 is 19.3 Å². The van der Waals surface area contributed by atoms with Crippen molar-refractivity contribution in [3.05, 3.63) is 94.4 Å². The molecule has 2 saturated heterocycles. The Hall–Kier alpha value is -4.24. The van der Waals surface area contributed by atoms with Crippen LogP contribution in [0.1, 0.15) is 23.6 Å². The lowest BCUT2D eigenvalue weighted by molar-refractivity contribution is -0.136. The van der Waals surface area contributed by atoms with Gasteiger partial charge in [0.15, 0.2) is 11.5 Å². The van der Waals surface area contributed by atoms with Gasteiger partial charge in [0.1, 0.15) is 13.2 Å². The van der Waals surface area contributed by atoms with Crippen LogP contribution in [0.25, 0.3) is 6.08 Å². The zero-order chi connectivity index (χ0) is 28.8. The number of piperazine rings is 1. The van der Waals surface area contributed by atoms with Crippen molar-refractivity contribution in [2.24, 2.45) is 0 Å². The molecule has 0 N–H and O–H groups in total. The summed E-state index contributed by atoms with van der Waals surface area (Å²) >= 11 is 0.843. The molecular formula is C32H33N3O5S. The van der Waals surface area contributed by atoms with Crippen LogP contribution in [0, 0.1) is 6.92 Å². The zero-order valence-electron chi connectivity index (χ0n) is 23.2. The van der Waals surface area contributed by atoms with Crippen LogP contribution < -0.4 is 14.4 Å². The highest BCUT2D eigenvalue weighted by molar-refractivity contribution is 8.18. The molecule has 5 rings (SSSR count). The topological polar surface area (TPSA) is 79.4 Å². The summed E-state index contributed by atoms with van der Waals surface area (Å²) in [5.41, 5.74) is 4.05. The highest BCUT2D eigenvalue weighted by Crippen LogP contribution is 2.35. The van der Waals surface area contributed by atoms with Crippen LogP contribution in [0.3, 0.4) is 0 Å². The molecule has 0 saturated carbocycles. The molecule has 0 unspecified atom stereocenters. The van der Waals surface area contributed by atoms with Gasteiger partial charge in [-0.2, -0.15) is 0 Å². The molecule has 2 heterocycles. The maximum atomic E-state index is 13.1. The molecule has 212 valence electrons. The van der Waals surface area contributed by atoms with Gasteiger partial charge in [-0.05, 0) is 67.1 Å². The Balaban J connectivity index is 1.21. The minimum Gasteiger partial charge on any atom is -0.490 e. The molecule has 2 fully saturated rings. The summed E-state index contributed by atoms with van der Waals surface area (Å²) in [6, 6.07) is 23.6. The molecule has 41 heavy (non-hydrogen) atoms. The van der Waals surface area contributed by atoms with Crippen LogP contribution in [-0.4, -0.2) is 66.2 Å². The normalized spacial score (nSPS) is 16.4. The van der Waals surface area contributed by atoms with Gasteiger partial charge in [-0.15, -0.1) is 0 Å². The quantitative estimate of drug-likeness (QED) is 0.320. The van der Waals surface area contributed by atoms with E-state index in [2.05, 4.69) is 4.90 Å². The second-order valence-electron chi connectivity index (χ2n) is 9.88. The Morgan fingerprint density at radius 3 is 2.34 bits per heavy atom. The fraction of sp³-hybridized carbons (Fsp3) is 0.281. The lowest BCUT2D eigenvalue weighted by atomic mass is 10.1. The summed E-state index contributed by atoms with van der Waals surface area (Å²) < 4.78 is 11.8. The first-order chi connectivity index (χ1) is 19.9. The van der Waals surface area contributed by atoms with Crippen LogP contribution in [0.2, 0.25) is 0 Å². The van der Waals surface area contributed by atoms with Crippen LogP contribution >= 0.6 is 11.8 Å². The lowest BCUT2D eigenvalue weighted by Crippen LogP contribution is -2.51. The van der Waals surface area contributed by atoms with Crippen molar-refractivity contribution in [2.75, 3.05) is 44.2 Å². The van der Waals surface area contributed by atoms with Crippen molar-refractivity contribution in [3.8, 4) is 11.5 Å². The molecule has 3 aromatic carbocycles. The van der Waals surface area contributed by atoms with Crippen LogP contribution in [-0.2, 0) is 16.2 Å². The largest absolute Gasteiger partial charge is 0.490 e. The van der Waals surface area contributed by atoms with E-state index < -0.39 is 11.1 Å². The van der Waals surface area contributed by atoms with E-state index in [1.807, 2.05) is 74.5 Å². The summed E-state index contributed by atoms with van der Waals surface area (Å²) in [6.45, 7) is 6.99. The molecule has 2 aliphatic rings. The van der Waals surface area contributed by atoms with Gasteiger partial charge in [-0.25, -0.2) is 0 Å². The predicted molar refractivity (Wildman–Crippen MR) is 161 cm³/mol. The van der Waals surface area contributed by atoms with E-state index in [1.165, 1.54) is 5.56 Å². The van der Waals surface area contributed by atoms with Crippen molar-refractivity contribution < 1.29 is 23.9 Å². The fourth-order valence-electron chi connectivity index (χ4n) is 4.72. The van der Waals surface area contributed by atoms with Crippen molar-refractivity contribution in [1.82, 2.24) is 9.80 Å². The average Bonchev–Trinajstić information content (AvgIpc) is 3.25. The maximum absolute atomic E-state index is 13.1. The van der Waals surface area contributed by atoms with E-state index in [1.54, 1.807) is 23.1 Å². The van der Waals surface area contributed by atoms with Gasteiger partial charge in [-0.1, -0.05) is 54.1 Å². The molecule has 0 atom stereocenters. The molecule has 2 aliphatic heterocycles. The van der Waals surface area contributed by atoms with E-state index in [-0.39, 0.29) is 17.4 Å². The van der Waals surface area contributed by atoms with Crippen LogP contribution in [0.4, 0.5) is 10.5 Å². The first-order valence-corrected chi connectivity index (χ1v) is 14.5. The van der Waals surface area contributed by atoms with Gasteiger partial charge in [0, 0.05) is 31.9 Å². The van der Waals surface area contributed by atoms with E-state index in [9.17, 15) is 14.4 Å². The van der Waals surface area contributed by atoms with Gasteiger partial charge in [0.05, 0.1) is 11.5 Å². The lowest BCUT2D eigenvalue weighted by Gasteiger charge is -2.36. The van der Waals surface area contributed by atoms with E-state index >= 15 is 0 Å². The molecule has 0 aliphatic carbocycles. The number of imide groups is 1. The smallest absolute Gasteiger partial charge is 0.294 e. The third kappa shape index (κ3) is 6.92. The minimum atomic E-state index is -0.464. The van der Waals surface area contributed by atoms with Gasteiger partial charge >= 0.3 is 0 Å². The number of benzene rings is 3. The molecule has 0 bridgehead atoms. The first kappa shape index (κ1) is 28.3. The number of carbonyl (C=O) groups is 3. The first-order valence-electron chi connectivity index (χ1n) is 13.7. The second kappa shape index (κ2) is 13.0. The Morgan fingerprint density at radius 1 is 0.902 bits per heavy atom. The highest BCUT2D eigenvalue weighted by atomic mass is 32.2. The molecule has 3 aromatic rings. The number of hydrogen-bond acceptors (Lipinski definition) is 7. The zero-order valence-corrected chi connectivity index (χ0v) is 24.1. The van der Waals surface area contributed by atoms with Crippen molar-refractivity contribution in [1.29, 1.82) is 0 Å². The molecule has 9 heteroatoms. The SMILES string of the molecule is CCOc1cc(/C=C2/SC(=O)N(CC(=O)N3CCN(c4ccccc4)CC3)C2=O)ccc1OCc1ccc(C)cc1. The number of aryl methyl sites for hydroxylation is 1. The second-order valence-corrected chi connectivity index (χ2v) is 10.9. The Labute approximate surface area is 244 Å². The van der Waals surface area contributed by atoms with Crippen LogP contribution in [0.5, 0.6) is 11.5 Å². The van der Waals surface area contributed by atoms with Gasteiger partial charge in [-0.3, -0.25) is 19.3 Å². The molecule has 0 radical (unpaired) electrons. The number of rotatable bonds is 9.